The summed E-state index contributed by atoms with van der Waals surface area (Å²) in [6, 6.07) is 12.9. The minimum absolute atomic E-state index is 0.339. The van der Waals surface area contributed by atoms with Crippen LogP contribution >= 0.6 is 0 Å². The molecule has 9 heteroatoms. The Balaban J connectivity index is 1.54. The predicted octanol–water partition coefficient (Wildman–Crippen LogP) is 5.09. The molecule has 0 spiro atoms. The predicted molar refractivity (Wildman–Crippen MR) is 122 cm³/mol. The molecule has 6 rings (SSSR count). The number of anilines is 1. The lowest BCUT2D eigenvalue weighted by atomic mass is 10.0. The molecular formula is C24H15F2N7. The Labute approximate surface area is 185 Å². The van der Waals surface area contributed by atoms with Crippen molar-refractivity contribution in [3.63, 3.8) is 0 Å². The number of hydrogen-bond donors (Lipinski definition) is 3. The molecule has 0 bridgehead atoms. The lowest BCUT2D eigenvalue weighted by Crippen LogP contribution is -1.90. The number of imidazole rings is 1. The van der Waals surface area contributed by atoms with E-state index < -0.39 is 5.82 Å². The molecule has 4 aromatic heterocycles. The number of pyridine rings is 2. The second-order valence-corrected chi connectivity index (χ2v) is 7.58. The van der Waals surface area contributed by atoms with Crippen molar-refractivity contribution < 1.29 is 8.78 Å². The molecule has 0 aliphatic heterocycles. The van der Waals surface area contributed by atoms with Gasteiger partial charge in [-0.1, -0.05) is 18.2 Å². The van der Waals surface area contributed by atoms with Gasteiger partial charge in [-0.15, -0.1) is 0 Å². The molecule has 4 N–H and O–H groups in total. The Bertz CT molecular complexity index is 1670. The molecule has 7 nitrogen and oxygen atoms in total. The summed E-state index contributed by atoms with van der Waals surface area (Å²) < 4.78 is 29.3. The molecule has 6 aromatic rings. The molecule has 0 atom stereocenters. The molecule has 2 aromatic carbocycles. The van der Waals surface area contributed by atoms with Crippen molar-refractivity contribution in [2.75, 3.05) is 5.73 Å². The van der Waals surface area contributed by atoms with Gasteiger partial charge in [0.1, 0.15) is 17.3 Å². The maximum Gasteiger partial charge on any atom is 0.178 e. The number of rotatable bonds is 3. The second-order valence-electron chi connectivity index (χ2n) is 7.58. The van der Waals surface area contributed by atoms with E-state index >= 15 is 0 Å². The first kappa shape index (κ1) is 19.1. The van der Waals surface area contributed by atoms with Crippen molar-refractivity contribution in [3.05, 3.63) is 78.8 Å². The van der Waals surface area contributed by atoms with E-state index in [4.69, 9.17) is 5.73 Å². The van der Waals surface area contributed by atoms with Crippen molar-refractivity contribution in [2.24, 2.45) is 0 Å². The van der Waals surface area contributed by atoms with E-state index in [-0.39, 0.29) is 5.82 Å². The first-order valence-electron chi connectivity index (χ1n) is 10.1. The molecule has 0 radical (unpaired) electrons. The molecular weight excluding hydrogens is 424 g/mol. The van der Waals surface area contributed by atoms with Gasteiger partial charge in [0.15, 0.2) is 11.5 Å². The lowest BCUT2D eigenvalue weighted by molar-refractivity contribution is 0.631. The van der Waals surface area contributed by atoms with Crippen molar-refractivity contribution in [1.82, 2.24) is 30.1 Å². The van der Waals surface area contributed by atoms with Crippen LogP contribution in [0.25, 0.3) is 55.8 Å². The van der Waals surface area contributed by atoms with E-state index in [1.165, 1.54) is 18.3 Å². The largest absolute Gasteiger partial charge is 0.397 e. The topological polar surface area (TPSA) is 109 Å². The van der Waals surface area contributed by atoms with Gasteiger partial charge in [0.2, 0.25) is 0 Å². The first-order chi connectivity index (χ1) is 16.1. The molecule has 0 saturated carbocycles. The number of nitrogens with two attached hydrogens (primary N) is 1. The van der Waals surface area contributed by atoms with E-state index in [9.17, 15) is 8.78 Å². The Morgan fingerprint density at radius 1 is 0.879 bits per heavy atom. The van der Waals surface area contributed by atoms with Crippen LogP contribution in [-0.4, -0.2) is 30.1 Å². The molecule has 160 valence electrons. The zero-order chi connectivity index (χ0) is 22.5. The third-order valence-corrected chi connectivity index (χ3v) is 5.50. The molecule has 0 amide bonds. The highest BCUT2D eigenvalue weighted by Gasteiger charge is 2.19. The number of benzene rings is 2. The molecule has 0 aliphatic carbocycles. The van der Waals surface area contributed by atoms with Crippen LogP contribution in [0, 0.1) is 11.6 Å². The highest BCUT2D eigenvalue weighted by molar-refractivity contribution is 5.97. The van der Waals surface area contributed by atoms with Crippen LogP contribution in [0.3, 0.4) is 0 Å². The third kappa shape index (κ3) is 3.09. The number of fused-ring (bicyclic) bond motifs is 2. The van der Waals surface area contributed by atoms with Crippen LogP contribution in [0.15, 0.2) is 67.1 Å². The Morgan fingerprint density at radius 3 is 2.61 bits per heavy atom. The monoisotopic (exact) mass is 439 g/mol. The van der Waals surface area contributed by atoms with Crippen LogP contribution in [-0.2, 0) is 0 Å². The summed E-state index contributed by atoms with van der Waals surface area (Å²) >= 11 is 0. The Morgan fingerprint density at radius 2 is 1.76 bits per heavy atom. The second kappa shape index (κ2) is 7.20. The van der Waals surface area contributed by atoms with Crippen molar-refractivity contribution in [2.45, 2.75) is 0 Å². The summed E-state index contributed by atoms with van der Waals surface area (Å²) in [6.45, 7) is 0. The van der Waals surface area contributed by atoms with E-state index in [1.807, 2.05) is 0 Å². The van der Waals surface area contributed by atoms with Crippen LogP contribution in [0.5, 0.6) is 0 Å². The number of aromatic amines is 2. The maximum atomic E-state index is 14.8. The van der Waals surface area contributed by atoms with E-state index in [0.717, 1.165) is 0 Å². The third-order valence-electron chi connectivity index (χ3n) is 5.50. The number of halogens is 2. The van der Waals surface area contributed by atoms with E-state index in [2.05, 4.69) is 30.1 Å². The molecule has 0 aliphatic rings. The van der Waals surface area contributed by atoms with Gasteiger partial charge in [-0.05, 0) is 24.3 Å². The van der Waals surface area contributed by atoms with Gasteiger partial charge in [-0.25, -0.2) is 18.7 Å². The van der Waals surface area contributed by atoms with Crippen LogP contribution in [0.2, 0.25) is 0 Å². The molecule has 0 fully saturated rings. The zero-order valence-corrected chi connectivity index (χ0v) is 17.0. The standard InChI is InChI=1S/C24H15F2N7/c25-18-4-2-1-3-14(18)15-5-6-29-23-21(15)30-24(31-23)22-17-8-16(12-7-13(27)11-28-10-12)19(26)9-20(17)32-33-22/h1-11H,27H2,(H,32,33)(H,29,30,31). The molecule has 0 unspecified atom stereocenters. The summed E-state index contributed by atoms with van der Waals surface area (Å²) in [5.74, 6) is -0.351. The summed E-state index contributed by atoms with van der Waals surface area (Å²) in [4.78, 5) is 16.1. The number of aromatic nitrogens is 6. The average molecular weight is 439 g/mol. The molecule has 0 saturated heterocycles. The van der Waals surface area contributed by atoms with Gasteiger partial charge < -0.3 is 10.7 Å². The Hall–Kier alpha value is -4.66. The van der Waals surface area contributed by atoms with E-state index in [0.29, 0.717) is 61.5 Å². The van der Waals surface area contributed by atoms with Gasteiger partial charge in [0.05, 0.1) is 16.7 Å². The van der Waals surface area contributed by atoms with Crippen LogP contribution in [0.4, 0.5) is 14.5 Å². The van der Waals surface area contributed by atoms with Gasteiger partial charge >= 0.3 is 0 Å². The van der Waals surface area contributed by atoms with Crippen molar-refractivity contribution >= 4 is 27.8 Å². The van der Waals surface area contributed by atoms with Gasteiger partial charge in [-0.2, -0.15) is 5.10 Å². The van der Waals surface area contributed by atoms with E-state index in [1.54, 1.807) is 48.8 Å². The maximum absolute atomic E-state index is 14.8. The number of nitrogens with zero attached hydrogens (tertiary/aromatic N) is 4. The fourth-order valence-corrected chi connectivity index (χ4v) is 3.97. The van der Waals surface area contributed by atoms with Crippen LogP contribution < -0.4 is 5.73 Å². The number of nitrogens with one attached hydrogen (secondary N) is 2. The highest BCUT2D eigenvalue weighted by atomic mass is 19.1. The lowest BCUT2D eigenvalue weighted by Gasteiger charge is -2.05. The van der Waals surface area contributed by atoms with Gasteiger partial charge in [0, 0.05) is 52.3 Å². The molecule has 33 heavy (non-hydrogen) atoms. The zero-order valence-electron chi connectivity index (χ0n) is 17.0. The minimum atomic E-state index is -0.432. The fraction of sp³-hybridized carbons (Fsp3) is 0. The highest BCUT2D eigenvalue weighted by Crippen LogP contribution is 2.34. The summed E-state index contributed by atoms with van der Waals surface area (Å²) in [5.41, 5.74) is 10.2. The van der Waals surface area contributed by atoms with Gasteiger partial charge in [-0.3, -0.25) is 10.1 Å². The average Bonchev–Trinajstić information content (AvgIpc) is 3.42. The summed E-state index contributed by atoms with van der Waals surface area (Å²) in [6.07, 6.45) is 4.63. The smallest absolute Gasteiger partial charge is 0.178 e. The number of H-pyrrole nitrogens is 2. The number of hydrogen-bond acceptors (Lipinski definition) is 5. The first-order valence-corrected chi connectivity index (χ1v) is 10.1. The van der Waals surface area contributed by atoms with Gasteiger partial charge in [0.25, 0.3) is 0 Å². The quantitative estimate of drug-likeness (QED) is 0.356. The minimum Gasteiger partial charge on any atom is -0.397 e. The fourth-order valence-electron chi connectivity index (χ4n) is 3.97. The number of nitrogen functional groups attached to an aromatic ring is 1. The molecule has 4 heterocycles. The van der Waals surface area contributed by atoms with Crippen LogP contribution in [0.1, 0.15) is 0 Å². The summed E-state index contributed by atoms with van der Waals surface area (Å²) in [7, 11) is 0. The summed E-state index contributed by atoms with van der Waals surface area (Å²) in [5, 5.41) is 7.85. The Kier molecular flexibility index (Phi) is 4.16. The van der Waals surface area contributed by atoms with Crippen molar-refractivity contribution in [1.29, 1.82) is 0 Å². The normalized spacial score (nSPS) is 11.5. The van der Waals surface area contributed by atoms with Crippen molar-refractivity contribution in [3.8, 4) is 33.8 Å². The SMILES string of the molecule is Nc1cncc(-c2cc3c(-c4nc5nccc(-c6ccccc6F)c5[nH]4)n[nH]c3cc2F)c1.